The normalized spacial score (nSPS) is 12.5. The van der Waals surface area contributed by atoms with Gasteiger partial charge in [-0.3, -0.25) is 0 Å². The number of halogens is 1. The predicted octanol–water partition coefficient (Wildman–Crippen LogP) is 1.92. The summed E-state index contributed by atoms with van der Waals surface area (Å²) in [6, 6.07) is 5.00. The second-order valence-corrected chi connectivity index (χ2v) is 4.10. The van der Waals surface area contributed by atoms with Gasteiger partial charge in [0, 0.05) is 30.9 Å². The Morgan fingerprint density at radius 3 is 2.76 bits per heavy atom. The van der Waals surface area contributed by atoms with Gasteiger partial charge in [0.1, 0.15) is 5.82 Å². The molecule has 3 nitrogen and oxygen atoms in total. The molecule has 0 radical (unpaired) electrons. The summed E-state index contributed by atoms with van der Waals surface area (Å²) in [4.78, 5) is 1.87. The quantitative estimate of drug-likeness (QED) is 0.797. The van der Waals surface area contributed by atoms with Gasteiger partial charge in [-0.15, -0.1) is 0 Å². The maximum atomic E-state index is 13.9. The van der Waals surface area contributed by atoms with E-state index in [0.29, 0.717) is 12.1 Å². The number of likely N-dealkylation sites (N-methyl/N-ethyl adjacent to an activating group) is 1. The molecule has 0 saturated heterocycles. The second kappa shape index (κ2) is 6.57. The predicted molar refractivity (Wildman–Crippen MR) is 68.8 cm³/mol. The Bertz CT molecular complexity index is 357. The number of rotatable bonds is 6. The molecule has 0 fully saturated rings. The average molecular weight is 240 g/mol. The molecule has 0 heterocycles. The van der Waals surface area contributed by atoms with E-state index in [2.05, 4.69) is 5.32 Å². The van der Waals surface area contributed by atoms with Crippen molar-refractivity contribution in [3.63, 3.8) is 0 Å². The topological polar surface area (TPSA) is 35.5 Å². The van der Waals surface area contributed by atoms with E-state index in [0.717, 1.165) is 12.2 Å². The molecule has 1 aromatic carbocycles. The van der Waals surface area contributed by atoms with Crippen LogP contribution in [0.15, 0.2) is 18.2 Å². The van der Waals surface area contributed by atoms with E-state index < -0.39 is 0 Å². The van der Waals surface area contributed by atoms with Crippen LogP contribution < -0.4 is 10.2 Å². The van der Waals surface area contributed by atoms with Crippen LogP contribution in [0, 0.1) is 5.82 Å². The van der Waals surface area contributed by atoms with Gasteiger partial charge in [0.05, 0.1) is 6.61 Å². The molecule has 1 aromatic rings. The van der Waals surface area contributed by atoms with E-state index in [-0.39, 0.29) is 18.5 Å². The van der Waals surface area contributed by atoms with Crippen LogP contribution in [0.1, 0.15) is 25.5 Å². The molecule has 0 aliphatic carbocycles. The van der Waals surface area contributed by atoms with Gasteiger partial charge >= 0.3 is 0 Å². The molecule has 17 heavy (non-hydrogen) atoms. The molecule has 0 amide bonds. The van der Waals surface area contributed by atoms with Crippen molar-refractivity contribution in [2.75, 3.05) is 31.6 Å². The van der Waals surface area contributed by atoms with Crippen molar-refractivity contribution < 1.29 is 9.50 Å². The molecule has 0 aliphatic heterocycles. The van der Waals surface area contributed by atoms with E-state index >= 15 is 0 Å². The lowest BCUT2D eigenvalue weighted by Crippen LogP contribution is -2.26. The minimum atomic E-state index is -0.208. The number of nitrogens with zero attached hydrogens (tertiary/aromatic N) is 1. The zero-order chi connectivity index (χ0) is 12.8. The van der Waals surface area contributed by atoms with Crippen LogP contribution in [0.2, 0.25) is 0 Å². The summed E-state index contributed by atoms with van der Waals surface area (Å²) in [5.41, 5.74) is 1.48. The van der Waals surface area contributed by atoms with Crippen molar-refractivity contribution in [3.8, 4) is 0 Å². The fourth-order valence-electron chi connectivity index (χ4n) is 1.97. The number of aliphatic hydroxyl groups is 1. The first-order chi connectivity index (χ1) is 8.11. The first kappa shape index (κ1) is 13.9. The van der Waals surface area contributed by atoms with Crippen LogP contribution in [-0.2, 0) is 0 Å². The Hall–Kier alpha value is -1.13. The number of aliphatic hydroxyl groups excluding tert-OH is 1. The fourth-order valence-corrected chi connectivity index (χ4v) is 1.97. The maximum absolute atomic E-state index is 13.9. The van der Waals surface area contributed by atoms with Gasteiger partial charge in [-0.25, -0.2) is 4.39 Å². The first-order valence-corrected chi connectivity index (χ1v) is 5.95. The van der Waals surface area contributed by atoms with Crippen LogP contribution in [0.25, 0.3) is 0 Å². The molecule has 0 aromatic heterocycles. The molecule has 1 rings (SSSR count). The van der Waals surface area contributed by atoms with Crippen molar-refractivity contribution in [2.24, 2.45) is 0 Å². The van der Waals surface area contributed by atoms with Crippen molar-refractivity contribution in [3.05, 3.63) is 29.6 Å². The monoisotopic (exact) mass is 240 g/mol. The third-order valence-electron chi connectivity index (χ3n) is 2.82. The number of nitrogens with one attached hydrogen (secondary N) is 1. The van der Waals surface area contributed by atoms with Crippen molar-refractivity contribution in [1.82, 2.24) is 5.32 Å². The molecular weight excluding hydrogens is 219 g/mol. The molecule has 2 N–H and O–H groups in total. The Morgan fingerprint density at radius 2 is 2.18 bits per heavy atom. The lowest BCUT2D eigenvalue weighted by Gasteiger charge is -2.25. The van der Waals surface area contributed by atoms with Crippen LogP contribution in [0.3, 0.4) is 0 Å². The maximum Gasteiger partial charge on any atom is 0.130 e. The first-order valence-electron chi connectivity index (χ1n) is 5.95. The number of anilines is 1. The molecule has 96 valence electrons. The van der Waals surface area contributed by atoms with Gasteiger partial charge < -0.3 is 15.3 Å². The van der Waals surface area contributed by atoms with Gasteiger partial charge in [0.15, 0.2) is 0 Å². The van der Waals surface area contributed by atoms with Crippen LogP contribution in [0.4, 0.5) is 10.1 Å². The highest BCUT2D eigenvalue weighted by molar-refractivity contribution is 5.55. The van der Waals surface area contributed by atoms with Crippen molar-refractivity contribution in [2.45, 2.75) is 19.9 Å². The lowest BCUT2D eigenvalue weighted by atomic mass is 10.0. The molecule has 4 heteroatoms. The molecule has 0 aliphatic rings. The third-order valence-corrected chi connectivity index (χ3v) is 2.82. The minimum absolute atomic E-state index is 0.0441. The number of hydrogen-bond donors (Lipinski definition) is 2. The highest BCUT2D eigenvalue weighted by atomic mass is 19.1. The van der Waals surface area contributed by atoms with Gasteiger partial charge in [0.2, 0.25) is 0 Å². The van der Waals surface area contributed by atoms with E-state index in [1.165, 1.54) is 6.07 Å². The zero-order valence-electron chi connectivity index (χ0n) is 10.7. The van der Waals surface area contributed by atoms with Crippen LogP contribution >= 0.6 is 0 Å². The summed E-state index contributed by atoms with van der Waals surface area (Å²) in [5, 5.41) is 12.2. The molecule has 1 atom stereocenters. The fraction of sp³-hybridized carbons (Fsp3) is 0.538. The summed E-state index contributed by atoms with van der Waals surface area (Å²) < 4.78 is 13.9. The summed E-state index contributed by atoms with van der Waals surface area (Å²) >= 11 is 0. The SMILES string of the molecule is CCNC(C)c1c(F)cccc1N(C)CCO. The average Bonchev–Trinajstić information content (AvgIpc) is 2.29. The van der Waals surface area contributed by atoms with E-state index in [9.17, 15) is 4.39 Å². The molecule has 0 saturated carbocycles. The largest absolute Gasteiger partial charge is 0.395 e. The molecule has 0 bridgehead atoms. The highest BCUT2D eigenvalue weighted by Crippen LogP contribution is 2.28. The Morgan fingerprint density at radius 1 is 1.47 bits per heavy atom. The summed E-state index contributed by atoms with van der Waals surface area (Å²) in [6.45, 7) is 5.28. The van der Waals surface area contributed by atoms with Gasteiger partial charge in [0.25, 0.3) is 0 Å². The Labute approximate surface area is 102 Å². The van der Waals surface area contributed by atoms with Crippen molar-refractivity contribution in [1.29, 1.82) is 0 Å². The number of benzene rings is 1. The Kier molecular flexibility index (Phi) is 5.38. The minimum Gasteiger partial charge on any atom is -0.395 e. The third kappa shape index (κ3) is 3.41. The second-order valence-electron chi connectivity index (χ2n) is 4.10. The van der Waals surface area contributed by atoms with Crippen LogP contribution in [0.5, 0.6) is 0 Å². The Balaban J connectivity index is 3.07. The lowest BCUT2D eigenvalue weighted by molar-refractivity contribution is 0.304. The van der Waals surface area contributed by atoms with Crippen LogP contribution in [-0.4, -0.2) is 31.9 Å². The van der Waals surface area contributed by atoms with E-state index in [1.807, 2.05) is 31.9 Å². The molecule has 1 unspecified atom stereocenters. The highest BCUT2D eigenvalue weighted by Gasteiger charge is 2.16. The zero-order valence-corrected chi connectivity index (χ0v) is 10.7. The van der Waals surface area contributed by atoms with Gasteiger partial charge in [-0.2, -0.15) is 0 Å². The summed E-state index contributed by atoms with van der Waals surface area (Å²) in [5.74, 6) is -0.208. The summed E-state index contributed by atoms with van der Waals surface area (Å²) in [6.07, 6.45) is 0. The van der Waals surface area contributed by atoms with Gasteiger partial charge in [-0.05, 0) is 25.6 Å². The van der Waals surface area contributed by atoms with E-state index in [1.54, 1.807) is 6.07 Å². The summed E-state index contributed by atoms with van der Waals surface area (Å²) in [7, 11) is 1.85. The smallest absolute Gasteiger partial charge is 0.130 e. The van der Waals surface area contributed by atoms with Crippen molar-refractivity contribution >= 4 is 5.69 Å². The standard InChI is InChI=1S/C13H21FN2O/c1-4-15-10(2)13-11(14)6-5-7-12(13)16(3)8-9-17/h5-7,10,15,17H,4,8-9H2,1-3H3. The molecular formula is C13H21FN2O. The number of hydrogen-bond acceptors (Lipinski definition) is 3. The molecule has 0 spiro atoms. The van der Waals surface area contributed by atoms with E-state index in [4.69, 9.17) is 5.11 Å². The van der Waals surface area contributed by atoms with Gasteiger partial charge in [-0.1, -0.05) is 13.0 Å².